The highest BCUT2D eigenvalue weighted by Crippen LogP contribution is 2.34. The second kappa shape index (κ2) is 9.15. The van der Waals surface area contributed by atoms with Gasteiger partial charge in [-0.1, -0.05) is 13.3 Å². The maximum absolute atomic E-state index is 11.0. The van der Waals surface area contributed by atoms with Crippen LogP contribution in [0.4, 0.5) is 5.69 Å². The van der Waals surface area contributed by atoms with Crippen LogP contribution in [0, 0.1) is 10.1 Å². The number of hydrogen-bond acceptors (Lipinski definition) is 6. The lowest BCUT2D eigenvalue weighted by atomic mass is 10.1. The van der Waals surface area contributed by atoms with Crippen molar-refractivity contribution in [2.75, 3.05) is 26.9 Å². The molecular weight excluding hydrogens is 278 g/mol. The van der Waals surface area contributed by atoms with Crippen LogP contribution in [0.1, 0.15) is 25.3 Å². The molecule has 0 aliphatic carbocycles. The fraction of sp³-hybridized carbons (Fsp3) is 0.571. The fourth-order valence-corrected chi connectivity index (χ4v) is 1.72. The quantitative estimate of drug-likeness (QED) is 0.405. The van der Waals surface area contributed by atoms with Crippen molar-refractivity contribution in [1.29, 1.82) is 0 Å². The van der Waals surface area contributed by atoms with E-state index in [1.165, 1.54) is 19.2 Å². The third-order valence-electron chi connectivity index (χ3n) is 2.86. The number of hydrogen-bond donors (Lipinski definition) is 1. The molecule has 0 amide bonds. The maximum Gasteiger partial charge on any atom is 0.278 e. The Bertz CT molecular complexity index is 463. The molecule has 1 aromatic carbocycles. The minimum atomic E-state index is -0.560. The molecule has 1 N–H and O–H groups in total. The summed E-state index contributed by atoms with van der Waals surface area (Å²) < 4.78 is 15.9. The molecule has 7 heteroatoms. The van der Waals surface area contributed by atoms with Crippen LogP contribution in [-0.2, 0) is 11.3 Å². The number of rotatable bonds is 10. The van der Waals surface area contributed by atoms with Gasteiger partial charge in [-0.25, -0.2) is 0 Å². The molecule has 21 heavy (non-hydrogen) atoms. The van der Waals surface area contributed by atoms with E-state index in [1.54, 1.807) is 0 Å². The summed E-state index contributed by atoms with van der Waals surface area (Å²) in [6.45, 7) is 2.98. The van der Waals surface area contributed by atoms with Gasteiger partial charge < -0.3 is 19.3 Å². The van der Waals surface area contributed by atoms with Gasteiger partial charge in [0.15, 0.2) is 11.5 Å². The number of ether oxygens (including phenoxy) is 3. The van der Waals surface area contributed by atoms with Crippen molar-refractivity contribution in [3.8, 4) is 11.5 Å². The molecule has 0 saturated carbocycles. The summed E-state index contributed by atoms with van der Waals surface area (Å²) in [5.74, 6) is 0.610. The SMILES string of the molecule is CCCCOCCOc1cc([N+](=O)[O-])c(CO)cc1OC. The first-order valence-electron chi connectivity index (χ1n) is 6.80. The summed E-state index contributed by atoms with van der Waals surface area (Å²) in [4.78, 5) is 10.4. The summed E-state index contributed by atoms with van der Waals surface area (Å²) in [6.07, 6.45) is 2.05. The second-order valence-corrected chi connectivity index (χ2v) is 4.36. The van der Waals surface area contributed by atoms with Crippen LogP contribution in [0.2, 0.25) is 0 Å². The van der Waals surface area contributed by atoms with Crippen molar-refractivity contribution >= 4 is 5.69 Å². The number of nitrogens with zero attached hydrogens (tertiary/aromatic N) is 1. The van der Waals surface area contributed by atoms with Gasteiger partial charge in [0.25, 0.3) is 5.69 Å². The normalized spacial score (nSPS) is 10.4. The molecule has 0 spiro atoms. The first kappa shape index (κ1) is 17.2. The largest absolute Gasteiger partial charge is 0.493 e. The van der Waals surface area contributed by atoms with Crippen LogP contribution in [0.5, 0.6) is 11.5 Å². The molecule has 0 heterocycles. The van der Waals surface area contributed by atoms with Gasteiger partial charge in [0, 0.05) is 6.61 Å². The van der Waals surface area contributed by atoms with Gasteiger partial charge in [-0.3, -0.25) is 10.1 Å². The Balaban J connectivity index is 2.71. The zero-order valence-electron chi connectivity index (χ0n) is 12.3. The van der Waals surface area contributed by atoms with Crippen LogP contribution < -0.4 is 9.47 Å². The van der Waals surface area contributed by atoms with Crippen LogP contribution in [-0.4, -0.2) is 37.0 Å². The van der Waals surface area contributed by atoms with Crippen molar-refractivity contribution in [3.05, 3.63) is 27.8 Å². The highest BCUT2D eigenvalue weighted by molar-refractivity contribution is 5.54. The van der Waals surface area contributed by atoms with Gasteiger partial charge in [0.1, 0.15) is 6.61 Å². The van der Waals surface area contributed by atoms with E-state index in [-0.39, 0.29) is 23.6 Å². The highest BCUT2D eigenvalue weighted by Gasteiger charge is 2.19. The Kier molecular flexibility index (Phi) is 7.49. The first-order chi connectivity index (χ1) is 10.1. The van der Waals surface area contributed by atoms with E-state index in [0.29, 0.717) is 19.0 Å². The molecule has 0 aliphatic heterocycles. The summed E-state index contributed by atoms with van der Waals surface area (Å²) in [5.41, 5.74) is -0.0106. The second-order valence-electron chi connectivity index (χ2n) is 4.36. The molecule has 1 rings (SSSR count). The van der Waals surface area contributed by atoms with Gasteiger partial charge in [-0.15, -0.1) is 0 Å². The average molecular weight is 299 g/mol. The van der Waals surface area contributed by atoms with Crippen molar-refractivity contribution in [2.45, 2.75) is 26.4 Å². The number of benzene rings is 1. The number of methoxy groups -OCH3 is 1. The number of aliphatic hydroxyl groups excluding tert-OH is 1. The Hall–Kier alpha value is -1.86. The Morgan fingerprint density at radius 2 is 2.00 bits per heavy atom. The van der Waals surface area contributed by atoms with Gasteiger partial charge in [0.2, 0.25) is 0 Å². The van der Waals surface area contributed by atoms with Crippen LogP contribution >= 0.6 is 0 Å². The molecule has 0 bridgehead atoms. The number of aliphatic hydroxyl groups is 1. The van der Waals surface area contributed by atoms with E-state index >= 15 is 0 Å². The first-order valence-corrected chi connectivity index (χ1v) is 6.80. The number of unbranched alkanes of at least 4 members (excludes halogenated alkanes) is 1. The zero-order valence-corrected chi connectivity index (χ0v) is 12.3. The molecule has 0 radical (unpaired) electrons. The van der Waals surface area contributed by atoms with Gasteiger partial charge >= 0.3 is 0 Å². The van der Waals surface area contributed by atoms with E-state index in [4.69, 9.17) is 19.3 Å². The third kappa shape index (κ3) is 5.20. The fourth-order valence-electron chi connectivity index (χ4n) is 1.72. The minimum absolute atomic E-state index is 0.184. The van der Waals surface area contributed by atoms with E-state index in [9.17, 15) is 10.1 Å². The molecular formula is C14H21NO6. The van der Waals surface area contributed by atoms with Crippen molar-refractivity contribution in [2.24, 2.45) is 0 Å². The van der Waals surface area contributed by atoms with E-state index in [0.717, 1.165) is 12.8 Å². The van der Waals surface area contributed by atoms with Gasteiger partial charge in [0.05, 0.1) is 36.9 Å². The van der Waals surface area contributed by atoms with Crippen LogP contribution in [0.3, 0.4) is 0 Å². The van der Waals surface area contributed by atoms with E-state index in [1.807, 2.05) is 0 Å². The summed E-state index contributed by atoms with van der Waals surface area (Å²) in [5, 5.41) is 20.1. The molecule has 1 aromatic rings. The van der Waals surface area contributed by atoms with Crippen molar-refractivity contribution in [1.82, 2.24) is 0 Å². The smallest absolute Gasteiger partial charge is 0.278 e. The molecule has 7 nitrogen and oxygen atoms in total. The lowest BCUT2D eigenvalue weighted by molar-refractivity contribution is -0.385. The zero-order chi connectivity index (χ0) is 15.7. The van der Waals surface area contributed by atoms with Crippen molar-refractivity contribution in [3.63, 3.8) is 0 Å². The summed E-state index contributed by atoms with van der Waals surface area (Å²) in [6, 6.07) is 2.67. The third-order valence-corrected chi connectivity index (χ3v) is 2.86. The van der Waals surface area contributed by atoms with Gasteiger partial charge in [-0.2, -0.15) is 0 Å². The lowest BCUT2D eigenvalue weighted by Crippen LogP contribution is -2.09. The molecule has 0 aromatic heterocycles. The van der Waals surface area contributed by atoms with Crippen LogP contribution in [0.25, 0.3) is 0 Å². The predicted molar refractivity (Wildman–Crippen MR) is 76.8 cm³/mol. The minimum Gasteiger partial charge on any atom is -0.493 e. The predicted octanol–water partition coefficient (Wildman–Crippen LogP) is 2.29. The Morgan fingerprint density at radius 1 is 1.24 bits per heavy atom. The highest BCUT2D eigenvalue weighted by atomic mass is 16.6. The van der Waals surface area contributed by atoms with Gasteiger partial charge in [-0.05, 0) is 12.5 Å². The standard InChI is InChI=1S/C14H21NO6/c1-3-4-5-20-6-7-21-14-9-12(15(17)18)11(10-16)8-13(14)19-2/h8-9,16H,3-7,10H2,1-2H3. The molecule has 0 atom stereocenters. The topological polar surface area (TPSA) is 91.1 Å². The summed E-state index contributed by atoms with van der Waals surface area (Å²) >= 11 is 0. The monoisotopic (exact) mass is 299 g/mol. The molecule has 118 valence electrons. The molecule has 0 aliphatic rings. The van der Waals surface area contributed by atoms with E-state index < -0.39 is 11.5 Å². The Labute approximate surface area is 123 Å². The maximum atomic E-state index is 11.0. The number of nitro benzene ring substituents is 1. The summed E-state index contributed by atoms with van der Waals surface area (Å²) in [7, 11) is 1.44. The average Bonchev–Trinajstić information content (AvgIpc) is 2.49. The Morgan fingerprint density at radius 3 is 2.57 bits per heavy atom. The molecule has 0 fully saturated rings. The van der Waals surface area contributed by atoms with Crippen molar-refractivity contribution < 1.29 is 24.2 Å². The number of nitro groups is 1. The molecule has 0 unspecified atom stereocenters. The van der Waals surface area contributed by atoms with E-state index in [2.05, 4.69) is 6.92 Å². The van der Waals surface area contributed by atoms with Crippen LogP contribution in [0.15, 0.2) is 12.1 Å². The lowest BCUT2D eigenvalue weighted by Gasteiger charge is -2.12. The molecule has 0 saturated heterocycles.